The number of primary sulfonamides is 1. The van der Waals surface area contributed by atoms with Gasteiger partial charge in [-0.05, 0) is 38.5 Å². The number of furan rings is 1. The summed E-state index contributed by atoms with van der Waals surface area (Å²) < 4.78 is 27.9. The summed E-state index contributed by atoms with van der Waals surface area (Å²) >= 11 is 0. The highest BCUT2D eigenvalue weighted by atomic mass is 32.2. The zero-order chi connectivity index (χ0) is 19.0. The van der Waals surface area contributed by atoms with Crippen LogP contribution in [0, 0.1) is 6.92 Å². The molecule has 0 bridgehead atoms. The molecule has 0 radical (unpaired) electrons. The van der Waals surface area contributed by atoms with E-state index in [1.807, 2.05) is 0 Å². The molecule has 9 heteroatoms. The monoisotopic (exact) mass is 366 g/mol. The number of amides is 1. The number of hydrogen-bond acceptors (Lipinski definition) is 5. The average Bonchev–Trinajstić information content (AvgIpc) is 2.90. The molecule has 0 saturated heterocycles. The minimum absolute atomic E-state index is 0.0196. The normalized spacial score (nSPS) is 12.0. The van der Waals surface area contributed by atoms with Gasteiger partial charge in [0, 0.05) is 11.8 Å². The number of aliphatic carboxylic acids is 1. The van der Waals surface area contributed by atoms with Gasteiger partial charge in [0.1, 0.15) is 10.7 Å². The summed E-state index contributed by atoms with van der Waals surface area (Å²) in [5, 5.41) is 16.8. The maximum Gasteiger partial charge on any atom is 0.313 e. The zero-order valence-corrected chi connectivity index (χ0v) is 14.7. The maximum atomic E-state index is 12.2. The van der Waals surface area contributed by atoms with Gasteiger partial charge in [-0.1, -0.05) is 12.1 Å². The molecule has 0 spiro atoms. The number of nitrogens with one attached hydrogen (secondary N) is 1. The van der Waals surface area contributed by atoms with Crippen LogP contribution in [0.2, 0.25) is 0 Å². The predicted molar refractivity (Wildman–Crippen MR) is 89.9 cm³/mol. The van der Waals surface area contributed by atoms with Crippen LogP contribution >= 0.6 is 0 Å². The number of aryl methyl sites for hydroxylation is 1. The Morgan fingerprint density at radius 2 is 1.76 bits per heavy atom. The number of carboxylic acids is 1. The van der Waals surface area contributed by atoms with Crippen molar-refractivity contribution in [1.29, 1.82) is 0 Å². The van der Waals surface area contributed by atoms with Crippen LogP contribution in [0.3, 0.4) is 0 Å². The van der Waals surface area contributed by atoms with Gasteiger partial charge in [0.15, 0.2) is 5.76 Å². The highest BCUT2D eigenvalue weighted by Gasteiger charge is 2.29. The number of carbonyl (C=O) groups excluding carboxylic acids is 1. The molecular weight excluding hydrogens is 348 g/mol. The van der Waals surface area contributed by atoms with Crippen molar-refractivity contribution in [2.75, 3.05) is 5.32 Å². The van der Waals surface area contributed by atoms with Crippen molar-refractivity contribution in [2.24, 2.45) is 5.14 Å². The van der Waals surface area contributed by atoms with Crippen molar-refractivity contribution in [2.45, 2.75) is 31.1 Å². The first-order valence-electron chi connectivity index (χ1n) is 7.21. The fraction of sp³-hybridized carbons (Fsp3) is 0.250. The Morgan fingerprint density at radius 3 is 2.20 bits per heavy atom. The fourth-order valence-corrected chi connectivity index (χ4v) is 2.86. The van der Waals surface area contributed by atoms with Crippen molar-refractivity contribution in [3.8, 4) is 0 Å². The first-order chi connectivity index (χ1) is 11.4. The fourth-order valence-electron chi connectivity index (χ4n) is 2.15. The van der Waals surface area contributed by atoms with Gasteiger partial charge in [-0.3, -0.25) is 9.59 Å². The molecule has 1 heterocycles. The van der Waals surface area contributed by atoms with Gasteiger partial charge in [0.05, 0.1) is 5.41 Å². The molecule has 0 fully saturated rings. The molecule has 1 aromatic carbocycles. The van der Waals surface area contributed by atoms with E-state index in [1.54, 1.807) is 38.1 Å². The first kappa shape index (κ1) is 18.7. The van der Waals surface area contributed by atoms with Crippen LogP contribution < -0.4 is 10.5 Å². The topological polar surface area (TPSA) is 140 Å². The van der Waals surface area contributed by atoms with E-state index in [1.165, 1.54) is 6.92 Å². The van der Waals surface area contributed by atoms with E-state index < -0.39 is 27.3 Å². The largest absolute Gasteiger partial charge is 0.481 e. The second-order valence-electron chi connectivity index (χ2n) is 6.04. The molecule has 0 atom stereocenters. The third-order valence-corrected chi connectivity index (χ3v) is 4.82. The highest BCUT2D eigenvalue weighted by molar-refractivity contribution is 7.89. The average molecular weight is 366 g/mol. The molecule has 2 aromatic rings. The third kappa shape index (κ3) is 3.89. The second kappa shape index (κ2) is 6.34. The smallest absolute Gasteiger partial charge is 0.313 e. The quantitative estimate of drug-likeness (QED) is 0.738. The van der Waals surface area contributed by atoms with E-state index in [9.17, 15) is 23.1 Å². The van der Waals surface area contributed by atoms with Gasteiger partial charge in [0.2, 0.25) is 10.0 Å². The van der Waals surface area contributed by atoms with E-state index >= 15 is 0 Å². The molecule has 0 saturated carbocycles. The number of rotatable bonds is 5. The summed E-state index contributed by atoms with van der Waals surface area (Å²) in [6, 6.07) is 7.34. The number of nitrogens with two attached hydrogens (primary N) is 1. The third-order valence-electron chi connectivity index (χ3n) is 3.80. The Kier molecular flexibility index (Phi) is 4.74. The van der Waals surface area contributed by atoms with Crippen molar-refractivity contribution in [1.82, 2.24) is 0 Å². The van der Waals surface area contributed by atoms with Crippen molar-refractivity contribution < 1.29 is 27.5 Å². The molecule has 4 N–H and O–H groups in total. The van der Waals surface area contributed by atoms with Crippen molar-refractivity contribution in [3.05, 3.63) is 47.4 Å². The summed E-state index contributed by atoms with van der Waals surface area (Å²) in [7, 11) is -3.98. The first-order valence-corrected chi connectivity index (χ1v) is 8.76. The molecule has 0 aliphatic heterocycles. The summed E-state index contributed by atoms with van der Waals surface area (Å²) in [5.74, 6) is -1.79. The number of hydrogen-bond donors (Lipinski definition) is 3. The van der Waals surface area contributed by atoms with Gasteiger partial charge in [-0.15, -0.1) is 0 Å². The summed E-state index contributed by atoms with van der Waals surface area (Å²) in [5.41, 5.74) is -0.0880. The number of carboxylic acid groups (broad SMARTS) is 1. The summed E-state index contributed by atoms with van der Waals surface area (Å²) in [4.78, 5) is 23.2. The number of benzene rings is 1. The van der Waals surface area contributed by atoms with E-state index in [4.69, 9.17) is 9.56 Å². The highest BCUT2D eigenvalue weighted by Crippen LogP contribution is 2.25. The van der Waals surface area contributed by atoms with E-state index in [-0.39, 0.29) is 16.4 Å². The second-order valence-corrected chi connectivity index (χ2v) is 7.57. The number of carbonyl (C=O) groups is 2. The molecule has 1 aromatic heterocycles. The maximum absolute atomic E-state index is 12.2. The Morgan fingerprint density at radius 1 is 1.20 bits per heavy atom. The molecular formula is C16H18N2O6S. The van der Waals surface area contributed by atoms with Gasteiger partial charge < -0.3 is 14.8 Å². The Hall–Kier alpha value is -2.65. The van der Waals surface area contributed by atoms with Crippen LogP contribution in [0.5, 0.6) is 0 Å². The van der Waals surface area contributed by atoms with Crippen LogP contribution in [0.4, 0.5) is 5.69 Å². The standard InChI is InChI=1S/C16H18N2O6S/c1-9-13(25(17,22)23)8-12(24-9)14(19)18-11-6-4-10(5-7-11)16(2,3)15(20)21/h4-8H,1-3H3,(H,18,19)(H,20,21)(H2,17,22,23). The predicted octanol–water partition coefficient (Wildman–Crippen LogP) is 1.85. The van der Waals surface area contributed by atoms with Crippen LogP contribution in [0.15, 0.2) is 39.6 Å². The van der Waals surface area contributed by atoms with Crippen LogP contribution in [-0.4, -0.2) is 25.4 Å². The van der Waals surface area contributed by atoms with Crippen molar-refractivity contribution >= 4 is 27.6 Å². The van der Waals surface area contributed by atoms with Crippen molar-refractivity contribution in [3.63, 3.8) is 0 Å². The van der Waals surface area contributed by atoms with Gasteiger partial charge in [-0.2, -0.15) is 0 Å². The lowest BCUT2D eigenvalue weighted by Gasteiger charge is -2.19. The molecule has 8 nitrogen and oxygen atoms in total. The lowest BCUT2D eigenvalue weighted by Crippen LogP contribution is -2.28. The number of anilines is 1. The minimum atomic E-state index is -3.98. The van der Waals surface area contributed by atoms with Crippen LogP contribution in [0.25, 0.3) is 0 Å². The van der Waals surface area contributed by atoms with Gasteiger partial charge in [0.25, 0.3) is 5.91 Å². The summed E-state index contributed by atoms with van der Waals surface area (Å²) in [6.07, 6.45) is 0. The molecule has 134 valence electrons. The van der Waals surface area contributed by atoms with E-state index in [2.05, 4.69) is 5.32 Å². The molecule has 0 unspecified atom stereocenters. The Bertz CT molecular complexity index is 926. The molecule has 2 rings (SSSR count). The summed E-state index contributed by atoms with van der Waals surface area (Å²) in [6.45, 7) is 4.53. The van der Waals surface area contributed by atoms with E-state index in [0.29, 0.717) is 11.3 Å². The Balaban J connectivity index is 2.21. The minimum Gasteiger partial charge on any atom is -0.481 e. The molecule has 0 aliphatic rings. The Labute approximate surface area is 144 Å². The van der Waals surface area contributed by atoms with Gasteiger partial charge >= 0.3 is 5.97 Å². The number of sulfonamides is 1. The van der Waals surface area contributed by atoms with E-state index in [0.717, 1.165) is 6.07 Å². The molecule has 25 heavy (non-hydrogen) atoms. The molecule has 0 aliphatic carbocycles. The lowest BCUT2D eigenvalue weighted by molar-refractivity contribution is -0.142. The lowest BCUT2D eigenvalue weighted by atomic mass is 9.85. The van der Waals surface area contributed by atoms with Gasteiger partial charge in [-0.25, -0.2) is 13.6 Å². The van der Waals surface area contributed by atoms with Crippen LogP contribution in [0.1, 0.15) is 35.7 Å². The zero-order valence-electron chi connectivity index (χ0n) is 13.9. The molecule has 1 amide bonds. The SMILES string of the molecule is Cc1oc(C(=O)Nc2ccc(C(C)(C)C(=O)O)cc2)cc1S(N)(=O)=O. The van der Waals surface area contributed by atoms with Crippen LogP contribution in [-0.2, 0) is 20.2 Å².